The van der Waals surface area contributed by atoms with Crippen LogP contribution >= 0.6 is 15.9 Å². The molecule has 14 heavy (non-hydrogen) atoms. The first-order chi connectivity index (χ1) is 6.69. The summed E-state index contributed by atoms with van der Waals surface area (Å²) in [6.07, 6.45) is 0.793. The molecule has 0 saturated carbocycles. The van der Waals surface area contributed by atoms with Crippen molar-refractivity contribution >= 4 is 21.7 Å². The van der Waals surface area contributed by atoms with Gasteiger partial charge in [0, 0.05) is 22.5 Å². The third kappa shape index (κ3) is 2.66. The van der Waals surface area contributed by atoms with Gasteiger partial charge in [-0.15, -0.1) is 0 Å². The fraction of sp³-hybridized carbons (Fsp3) is 0.364. The van der Waals surface area contributed by atoms with Gasteiger partial charge in [-0.05, 0) is 18.6 Å². The fourth-order valence-corrected chi connectivity index (χ4v) is 1.74. The molecule has 1 aromatic rings. The van der Waals surface area contributed by atoms with E-state index in [9.17, 15) is 4.79 Å². The molecule has 1 aromatic carbocycles. The predicted molar refractivity (Wildman–Crippen MR) is 61.3 cm³/mol. The molecule has 3 heteroatoms. The van der Waals surface area contributed by atoms with E-state index in [1.165, 1.54) is 0 Å². The summed E-state index contributed by atoms with van der Waals surface area (Å²) in [5.74, 6) is 0.0839. The van der Waals surface area contributed by atoms with Crippen molar-refractivity contribution in [3.8, 4) is 0 Å². The van der Waals surface area contributed by atoms with Gasteiger partial charge >= 0.3 is 0 Å². The molecule has 1 rings (SSSR count). The van der Waals surface area contributed by atoms with E-state index in [1.807, 2.05) is 31.2 Å². The van der Waals surface area contributed by atoms with Crippen LogP contribution in [0.4, 0.5) is 0 Å². The summed E-state index contributed by atoms with van der Waals surface area (Å²) in [5, 5.41) is 0. The molecule has 2 N–H and O–H groups in total. The van der Waals surface area contributed by atoms with E-state index in [2.05, 4.69) is 15.9 Å². The van der Waals surface area contributed by atoms with E-state index in [-0.39, 0.29) is 11.7 Å². The number of benzene rings is 1. The van der Waals surface area contributed by atoms with E-state index in [0.717, 1.165) is 16.5 Å². The lowest BCUT2D eigenvalue weighted by Crippen LogP contribution is -2.22. The maximum atomic E-state index is 11.9. The molecular weight excluding hydrogens is 242 g/mol. The Kier molecular flexibility index (Phi) is 4.29. The zero-order chi connectivity index (χ0) is 10.6. The van der Waals surface area contributed by atoms with E-state index in [0.29, 0.717) is 6.54 Å². The van der Waals surface area contributed by atoms with Crippen molar-refractivity contribution in [1.29, 1.82) is 0 Å². The Morgan fingerprint density at radius 2 is 2.29 bits per heavy atom. The summed E-state index contributed by atoms with van der Waals surface area (Å²) < 4.78 is 0.926. The van der Waals surface area contributed by atoms with E-state index < -0.39 is 0 Å². The standard InChI is InChI=1S/C11H14BrNO/c1-2-8(7-13)11(14)9-4-3-5-10(12)6-9/h3-6,8H,2,7,13H2,1H3. The minimum Gasteiger partial charge on any atom is -0.330 e. The highest BCUT2D eigenvalue weighted by Gasteiger charge is 2.16. The molecule has 2 nitrogen and oxygen atoms in total. The van der Waals surface area contributed by atoms with Crippen LogP contribution in [0.25, 0.3) is 0 Å². The van der Waals surface area contributed by atoms with Crippen molar-refractivity contribution in [2.75, 3.05) is 6.54 Å². The molecule has 0 fully saturated rings. The number of Topliss-reactive ketones (excluding diaryl/α,β-unsaturated/α-hetero) is 1. The number of carbonyl (C=O) groups is 1. The van der Waals surface area contributed by atoms with Crippen LogP contribution in [-0.4, -0.2) is 12.3 Å². The van der Waals surface area contributed by atoms with E-state index >= 15 is 0 Å². The first-order valence-electron chi connectivity index (χ1n) is 4.69. The third-order valence-electron chi connectivity index (χ3n) is 2.26. The molecule has 0 radical (unpaired) electrons. The summed E-state index contributed by atoms with van der Waals surface area (Å²) in [6.45, 7) is 2.40. The molecule has 1 unspecified atom stereocenters. The summed E-state index contributed by atoms with van der Waals surface area (Å²) in [6, 6.07) is 7.42. The number of ketones is 1. The number of hydrogen-bond acceptors (Lipinski definition) is 2. The molecule has 0 heterocycles. The van der Waals surface area contributed by atoms with Crippen molar-refractivity contribution in [2.45, 2.75) is 13.3 Å². The van der Waals surface area contributed by atoms with Crippen LogP contribution in [-0.2, 0) is 0 Å². The predicted octanol–water partition coefficient (Wildman–Crippen LogP) is 2.62. The number of nitrogens with two attached hydrogens (primary N) is 1. The second-order valence-electron chi connectivity index (χ2n) is 3.22. The normalized spacial score (nSPS) is 12.5. The minimum absolute atomic E-state index is 0.0516. The maximum Gasteiger partial charge on any atom is 0.167 e. The van der Waals surface area contributed by atoms with Gasteiger partial charge in [0.2, 0.25) is 0 Å². The zero-order valence-corrected chi connectivity index (χ0v) is 9.75. The first kappa shape index (κ1) is 11.4. The maximum absolute atomic E-state index is 11.9. The SMILES string of the molecule is CCC(CN)C(=O)c1cccc(Br)c1. The molecule has 1 atom stereocenters. The van der Waals surface area contributed by atoms with Gasteiger partial charge < -0.3 is 5.73 Å². The second kappa shape index (κ2) is 5.27. The van der Waals surface area contributed by atoms with Gasteiger partial charge in [0.15, 0.2) is 5.78 Å². The smallest absolute Gasteiger partial charge is 0.167 e. The lowest BCUT2D eigenvalue weighted by Gasteiger charge is -2.10. The largest absolute Gasteiger partial charge is 0.330 e. The van der Waals surface area contributed by atoms with Gasteiger partial charge in [0.1, 0.15) is 0 Å². The quantitative estimate of drug-likeness (QED) is 0.841. The Hall–Kier alpha value is -0.670. The van der Waals surface area contributed by atoms with Crippen molar-refractivity contribution in [1.82, 2.24) is 0 Å². The molecule has 76 valence electrons. The highest BCUT2D eigenvalue weighted by atomic mass is 79.9. The topological polar surface area (TPSA) is 43.1 Å². The lowest BCUT2D eigenvalue weighted by atomic mass is 9.95. The highest BCUT2D eigenvalue weighted by Crippen LogP contribution is 2.16. The Labute approximate surface area is 92.6 Å². The van der Waals surface area contributed by atoms with Crippen LogP contribution in [0.15, 0.2) is 28.7 Å². The highest BCUT2D eigenvalue weighted by molar-refractivity contribution is 9.10. The van der Waals surface area contributed by atoms with Crippen molar-refractivity contribution < 1.29 is 4.79 Å². The monoisotopic (exact) mass is 255 g/mol. The van der Waals surface area contributed by atoms with Gasteiger partial charge in [-0.1, -0.05) is 35.0 Å². The second-order valence-corrected chi connectivity index (χ2v) is 4.13. The van der Waals surface area contributed by atoms with Gasteiger partial charge in [0.05, 0.1) is 0 Å². The molecule has 0 aliphatic rings. The number of carbonyl (C=O) groups excluding carboxylic acids is 1. The molecule has 0 bridgehead atoms. The van der Waals surface area contributed by atoms with E-state index in [4.69, 9.17) is 5.73 Å². The average molecular weight is 256 g/mol. The Morgan fingerprint density at radius 1 is 1.57 bits per heavy atom. The van der Waals surface area contributed by atoms with E-state index in [1.54, 1.807) is 0 Å². The summed E-state index contributed by atoms with van der Waals surface area (Å²) in [5.41, 5.74) is 6.26. The minimum atomic E-state index is -0.0516. The van der Waals surface area contributed by atoms with Gasteiger partial charge in [-0.2, -0.15) is 0 Å². The van der Waals surface area contributed by atoms with Crippen LogP contribution < -0.4 is 5.73 Å². The van der Waals surface area contributed by atoms with Crippen molar-refractivity contribution in [3.63, 3.8) is 0 Å². The summed E-state index contributed by atoms with van der Waals surface area (Å²) in [7, 11) is 0. The Balaban J connectivity index is 2.88. The van der Waals surface area contributed by atoms with Gasteiger partial charge in [0.25, 0.3) is 0 Å². The van der Waals surface area contributed by atoms with Crippen LogP contribution in [0.1, 0.15) is 23.7 Å². The number of rotatable bonds is 4. The van der Waals surface area contributed by atoms with Gasteiger partial charge in [-0.3, -0.25) is 4.79 Å². The lowest BCUT2D eigenvalue weighted by molar-refractivity contribution is 0.0921. The number of hydrogen-bond donors (Lipinski definition) is 1. The Bertz CT molecular complexity index is 321. The van der Waals surface area contributed by atoms with Crippen LogP contribution in [0.5, 0.6) is 0 Å². The molecule has 0 spiro atoms. The van der Waals surface area contributed by atoms with Crippen LogP contribution in [0.2, 0.25) is 0 Å². The average Bonchev–Trinajstić information content (AvgIpc) is 2.19. The zero-order valence-electron chi connectivity index (χ0n) is 8.16. The molecule has 0 aromatic heterocycles. The molecular formula is C11H14BrNO. The molecule has 0 aliphatic carbocycles. The summed E-state index contributed by atoms with van der Waals surface area (Å²) in [4.78, 5) is 11.9. The molecule has 0 saturated heterocycles. The molecule has 0 aliphatic heterocycles. The first-order valence-corrected chi connectivity index (χ1v) is 5.48. The molecule has 0 amide bonds. The van der Waals surface area contributed by atoms with Crippen LogP contribution in [0.3, 0.4) is 0 Å². The Morgan fingerprint density at radius 3 is 2.79 bits per heavy atom. The van der Waals surface area contributed by atoms with Crippen molar-refractivity contribution in [2.24, 2.45) is 11.7 Å². The van der Waals surface area contributed by atoms with Gasteiger partial charge in [-0.25, -0.2) is 0 Å². The number of halogens is 1. The fourth-order valence-electron chi connectivity index (χ4n) is 1.34. The van der Waals surface area contributed by atoms with Crippen molar-refractivity contribution in [3.05, 3.63) is 34.3 Å². The summed E-state index contributed by atoms with van der Waals surface area (Å²) >= 11 is 3.34. The van der Waals surface area contributed by atoms with Crippen LogP contribution in [0, 0.1) is 5.92 Å². The third-order valence-corrected chi connectivity index (χ3v) is 2.75.